The van der Waals surface area contributed by atoms with Gasteiger partial charge < -0.3 is 10.5 Å². The van der Waals surface area contributed by atoms with Crippen LogP contribution in [-0.4, -0.2) is 9.97 Å². The van der Waals surface area contributed by atoms with Crippen LogP contribution in [0.15, 0.2) is 30.3 Å². The molecule has 0 bridgehead atoms. The molecule has 0 saturated carbocycles. The van der Waals surface area contributed by atoms with Crippen molar-refractivity contribution in [3.8, 4) is 11.6 Å². The van der Waals surface area contributed by atoms with Crippen molar-refractivity contribution < 1.29 is 4.74 Å². The van der Waals surface area contributed by atoms with Crippen LogP contribution in [0.5, 0.6) is 11.6 Å². The van der Waals surface area contributed by atoms with E-state index in [1.165, 1.54) is 5.56 Å². The number of nitrogen functional groups attached to an aromatic ring is 1. The van der Waals surface area contributed by atoms with E-state index in [0.29, 0.717) is 11.7 Å². The van der Waals surface area contributed by atoms with Crippen LogP contribution in [0, 0.1) is 0 Å². The van der Waals surface area contributed by atoms with Gasteiger partial charge in [-0.05, 0) is 29.5 Å². The van der Waals surface area contributed by atoms with Gasteiger partial charge in [-0.15, -0.1) is 0 Å². The number of benzene rings is 1. The lowest BCUT2D eigenvalue weighted by Crippen LogP contribution is -2.10. The number of ether oxygens (including phenoxy) is 1. The molecule has 1 heterocycles. The fraction of sp³-hybridized carbons (Fsp3) is 0.412. The Morgan fingerprint density at radius 1 is 1.10 bits per heavy atom. The molecule has 0 aliphatic carbocycles. The van der Waals surface area contributed by atoms with Crippen LogP contribution in [0.25, 0.3) is 0 Å². The molecule has 1 aromatic heterocycles. The van der Waals surface area contributed by atoms with Gasteiger partial charge >= 0.3 is 0 Å². The molecule has 0 amide bonds. The molecule has 112 valence electrons. The number of anilines is 1. The van der Waals surface area contributed by atoms with Crippen molar-refractivity contribution in [2.24, 2.45) is 0 Å². The average Bonchev–Trinajstić information content (AvgIpc) is 2.38. The summed E-state index contributed by atoms with van der Waals surface area (Å²) in [4.78, 5) is 8.57. The van der Waals surface area contributed by atoms with Gasteiger partial charge in [0.25, 0.3) is 0 Å². The maximum Gasteiger partial charge on any atom is 0.224 e. The zero-order valence-corrected chi connectivity index (χ0v) is 13.2. The Morgan fingerprint density at radius 3 is 2.33 bits per heavy atom. The summed E-state index contributed by atoms with van der Waals surface area (Å²) >= 11 is 0. The van der Waals surface area contributed by atoms with Crippen LogP contribution < -0.4 is 10.5 Å². The van der Waals surface area contributed by atoms with Crippen LogP contribution in [0.3, 0.4) is 0 Å². The number of aryl methyl sites for hydroxylation is 1. The molecule has 0 aliphatic rings. The highest BCUT2D eigenvalue weighted by molar-refractivity contribution is 5.37. The van der Waals surface area contributed by atoms with Crippen molar-refractivity contribution in [2.75, 3.05) is 5.73 Å². The molecule has 21 heavy (non-hydrogen) atoms. The second kappa shape index (κ2) is 6.12. The lowest BCUT2D eigenvalue weighted by Gasteiger charge is -2.19. The molecule has 4 nitrogen and oxygen atoms in total. The van der Waals surface area contributed by atoms with Crippen LogP contribution in [0.4, 0.5) is 5.82 Å². The third kappa shape index (κ3) is 4.18. The van der Waals surface area contributed by atoms with Gasteiger partial charge in [-0.25, -0.2) is 4.98 Å². The lowest BCUT2D eigenvalue weighted by molar-refractivity contribution is 0.458. The molecule has 0 atom stereocenters. The minimum absolute atomic E-state index is 0.131. The van der Waals surface area contributed by atoms with Crippen molar-refractivity contribution in [3.63, 3.8) is 0 Å². The molecule has 2 rings (SSSR count). The molecule has 2 N–H and O–H groups in total. The van der Waals surface area contributed by atoms with E-state index in [2.05, 4.69) is 49.8 Å². The smallest absolute Gasteiger partial charge is 0.224 e. The van der Waals surface area contributed by atoms with E-state index >= 15 is 0 Å². The fourth-order valence-electron chi connectivity index (χ4n) is 2.02. The molecule has 4 heteroatoms. The molecule has 0 saturated heterocycles. The second-order valence-electron chi connectivity index (χ2n) is 6.17. The van der Waals surface area contributed by atoms with Gasteiger partial charge in [-0.2, -0.15) is 4.98 Å². The van der Waals surface area contributed by atoms with Gasteiger partial charge in [0.15, 0.2) is 0 Å². The third-order valence-corrected chi connectivity index (χ3v) is 3.19. The molecular weight excluding hydrogens is 262 g/mol. The Hall–Kier alpha value is -2.10. The standard InChI is InChI=1S/C17H23N3O/c1-5-6-15-19-14(18)11-16(20-15)21-13-9-7-12(8-10-13)17(2,3)4/h7-11H,5-6H2,1-4H3,(H2,18,19,20). The lowest BCUT2D eigenvalue weighted by atomic mass is 9.87. The highest BCUT2D eigenvalue weighted by Crippen LogP contribution is 2.26. The molecule has 0 unspecified atom stereocenters. The average molecular weight is 285 g/mol. The topological polar surface area (TPSA) is 61.0 Å². The first-order chi connectivity index (χ1) is 9.88. The Morgan fingerprint density at radius 2 is 1.76 bits per heavy atom. The minimum atomic E-state index is 0.131. The molecule has 0 spiro atoms. The third-order valence-electron chi connectivity index (χ3n) is 3.19. The molecule has 0 fully saturated rings. The maximum absolute atomic E-state index is 5.79. The first kappa shape index (κ1) is 15.3. The number of aromatic nitrogens is 2. The molecule has 2 aromatic rings. The Balaban J connectivity index is 2.18. The summed E-state index contributed by atoms with van der Waals surface area (Å²) in [5, 5.41) is 0. The normalized spacial score (nSPS) is 11.4. The Kier molecular flexibility index (Phi) is 4.46. The number of rotatable bonds is 4. The fourth-order valence-corrected chi connectivity index (χ4v) is 2.02. The van der Waals surface area contributed by atoms with Crippen molar-refractivity contribution >= 4 is 5.82 Å². The molecule has 0 radical (unpaired) electrons. The van der Waals surface area contributed by atoms with Gasteiger partial charge in [0.05, 0.1) is 0 Å². The second-order valence-corrected chi connectivity index (χ2v) is 6.17. The minimum Gasteiger partial charge on any atom is -0.439 e. The van der Waals surface area contributed by atoms with Gasteiger partial charge in [0.1, 0.15) is 17.4 Å². The molecule has 0 aliphatic heterocycles. The van der Waals surface area contributed by atoms with Crippen LogP contribution >= 0.6 is 0 Å². The van der Waals surface area contributed by atoms with Gasteiger partial charge in [-0.3, -0.25) is 0 Å². The van der Waals surface area contributed by atoms with E-state index in [1.54, 1.807) is 6.07 Å². The quantitative estimate of drug-likeness (QED) is 0.918. The van der Waals surface area contributed by atoms with Crippen LogP contribution in [0.1, 0.15) is 45.5 Å². The summed E-state index contributed by atoms with van der Waals surface area (Å²) in [6, 6.07) is 9.72. The Bertz CT molecular complexity index is 600. The summed E-state index contributed by atoms with van der Waals surface area (Å²) in [5.74, 6) is 2.41. The molecular formula is C17H23N3O. The zero-order valence-electron chi connectivity index (χ0n) is 13.2. The van der Waals surface area contributed by atoms with Crippen molar-refractivity contribution in [1.29, 1.82) is 0 Å². The predicted octanol–water partition coefficient (Wildman–Crippen LogP) is 4.10. The number of nitrogens with two attached hydrogens (primary N) is 1. The first-order valence-electron chi connectivity index (χ1n) is 7.30. The summed E-state index contributed by atoms with van der Waals surface area (Å²) in [6.45, 7) is 8.64. The number of hydrogen-bond donors (Lipinski definition) is 1. The van der Waals surface area contributed by atoms with Crippen LogP contribution in [-0.2, 0) is 11.8 Å². The summed E-state index contributed by atoms with van der Waals surface area (Å²) in [6.07, 6.45) is 1.77. The van der Waals surface area contributed by atoms with E-state index in [9.17, 15) is 0 Å². The van der Waals surface area contributed by atoms with E-state index in [1.807, 2.05) is 12.1 Å². The SMILES string of the molecule is CCCc1nc(N)cc(Oc2ccc(C(C)(C)C)cc2)n1. The highest BCUT2D eigenvalue weighted by atomic mass is 16.5. The number of nitrogens with zero attached hydrogens (tertiary/aromatic N) is 2. The van der Waals surface area contributed by atoms with Crippen molar-refractivity contribution in [3.05, 3.63) is 41.7 Å². The summed E-state index contributed by atoms with van der Waals surface area (Å²) in [5.41, 5.74) is 7.19. The first-order valence-corrected chi connectivity index (χ1v) is 7.30. The monoisotopic (exact) mass is 285 g/mol. The van der Waals surface area contributed by atoms with E-state index in [0.717, 1.165) is 24.4 Å². The zero-order chi connectivity index (χ0) is 15.5. The number of hydrogen-bond acceptors (Lipinski definition) is 4. The van der Waals surface area contributed by atoms with Gasteiger partial charge in [0.2, 0.25) is 5.88 Å². The van der Waals surface area contributed by atoms with Gasteiger partial charge in [0, 0.05) is 12.5 Å². The van der Waals surface area contributed by atoms with Gasteiger partial charge in [-0.1, -0.05) is 39.8 Å². The van der Waals surface area contributed by atoms with Crippen LogP contribution in [0.2, 0.25) is 0 Å². The largest absolute Gasteiger partial charge is 0.439 e. The summed E-state index contributed by atoms with van der Waals surface area (Å²) < 4.78 is 5.78. The van der Waals surface area contributed by atoms with E-state index in [-0.39, 0.29) is 5.41 Å². The van der Waals surface area contributed by atoms with Crippen molar-refractivity contribution in [1.82, 2.24) is 9.97 Å². The van der Waals surface area contributed by atoms with E-state index < -0.39 is 0 Å². The maximum atomic E-state index is 5.79. The highest BCUT2D eigenvalue weighted by Gasteiger charge is 2.13. The Labute approximate surface area is 126 Å². The van der Waals surface area contributed by atoms with Crippen molar-refractivity contribution in [2.45, 2.75) is 46.0 Å². The van der Waals surface area contributed by atoms with E-state index in [4.69, 9.17) is 10.5 Å². The predicted molar refractivity (Wildman–Crippen MR) is 85.7 cm³/mol. The summed E-state index contributed by atoms with van der Waals surface area (Å²) in [7, 11) is 0. The molecule has 1 aromatic carbocycles.